The molecular formula is C11H19N7O. The SMILES string of the molecule is CNC(=O)CNc1nc(N)nc(N2CCCCC2)n1. The fourth-order valence-electron chi connectivity index (χ4n) is 1.94. The van der Waals surface area contributed by atoms with Gasteiger partial charge in [-0.2, -0.15) is 15.0 Å². The van der Waals surface area contributed by atoms with Gasteiger partial charge in [-0.25, -0.2) is 0 Å². The Kier molecular flexibility index (Phi) is 4.32. The Morgan fingerprint density at radius 3 is 2.68 bits per heavy atom. The summed E-state index contributed by atoms with van der Waals surface area (Å²) in [5.74, 6) is 0.928. The maximum Gasteiger partial charge on any atom is 0.239 e. The first-order valence-corrected chi connectivity index (χ1v) is 6.40. The Morgan fingerprint density at radius 2 is 2.00 bits per heavy atom. The third kappa shape index (κ3) is 3.67. The van der Waals surface area contributed by atoms with Crippen LogP contribution in [0.4, 0.5) is 17.8 Å². The Morgan fingerprint density at radius 1 is 1.26 bits per heavy atom. The third-order valence-corrected chi connectivity index (χ3v) is 2.97. The van der Waals surface area contributed by atoms with Crippen molar-refractivity contribution < 1.29 is 4.79 Å². The van der Waals surface area contributed by atoms with Crippen LogP contribution in [0.2, 0.25) is 0 Å². The van der Waals surface area contributed by atoms with Gasteiger partial charge in [0.2, 0.25) is 23.8 Å². The van der Waals surface area contributed by atoms with E-state index in [2.05, 4.69) is 30.5 Å². The molecule has 0 saturated carbocycles. The van der Waals surface area contributed by atoms with Crippen molar-refractivity contribution in [3.8, 4) is 0 Å². The van der Waals surface area contributed by atoms with Crippen LogP contribution in [0.3, 0.4) is 0 Å². The molecular weight excluding hydrogens is 246 g/mol. The molecule has 0 radical (unpaired) electrons. The quantitative estimate of drug-likeness (QED) is 0.679. The van der Waals surface area contributed by atoms with Gasteiger partial charge in [0, 0.05) is 20.1 Å². The lowest BCUT2D eigenvalue weighted by Gasteiger charge is -2.26. The predicted molar refractivity (Wildman–Crippen MR) is 72.9 cm³/mol. The Hall–Kier alpha value is -2.12. The number of aromatic nitrogens is 3. The van der Waals surface area contributed by atoms with Gasteiger partial charge in [-0.05, 0) is 19.3 Å². The average molecular weight is 265 g/mol. The van der Waals surface area contributed by atoms with Gasteiger partial charge in [-0.3, -0.25) is 4.79 Å². The van der Waals surface area contributed by atoms with Crippen molar-refractivity contribution in [2.45, 2.75) is 19.3 Å². The van der Waals surface area contributed by atoms with Crippen molar-refractivity contribution in [1.29, 1.82) is 0 Å². The first kappa shape index (κ1) is 13.3. The van der Waals surface area contributed by atoms with Crippen LogP contribution in [0.5, 0.6) is 0 Å². The van der Waals surface area contributed by atoms with Gasteiger partial charge in [-0.1, -0.05) is 0 Å². The third-order valence-electron chi connectivity index (χ3n) is 2.97. The smallest absolute Gasteiger partial charge is 0.239 e. The van der Waals surface area contributed by atoms with Crippen LogP contribution in [-0.4, -0.2) is 47.5 Å². The van der Waals surface area contributed by atoms with Gasteiger partial charge >= 0.3 is 0 Å². The summed E-state index contributed by atoms with van der Waals surface area (Å²) < 4.78 is 0. The van der Waals surface area contributed by atoms with Crippen LogP contribution in [0.15, 0.2) is 0 Å². The van der Waals surface area contributed by atoms with E-state index in [-0.39, 0.29) is 18.4 Å². The molecule has 0 bridgehead atoms. The van der Waals surface area contributed by atoms with E-state index >= 15 is 0 Å². The molecule has 8 heteroatoms. The number of nitrogens with two attached hydrogens (primary N) is 1. The molecule has 1 amide bonds. The van der Waals surface area contributed by atoms with Crippen LogP contribution >= 0.6 is 0 Å². The molecule has 0 spiro atoms. The Bertz CT molecular complexity index is 445. The van der Waals surface area contributed by atoms with E-state index in [0.29, 0.717) is 11.9 Å². The molecule has 8 nitrogen and oxygen atoms in total. The zero-order chi connectivity index (χ0) is 13.7. The number of piperidine rings is 1. The second-order valence-electron chi connectivity index (χ2n) is 4.39. The molecule has 0 aliphatic carbocycles. The van der Waals surface area contributed by atoms with Gasteiger partial charge in [0.25, 0.3) is 0 Å². The van der Waals surface area contributed by atoms with Crippen molar-refractivity contribution in [2.24, 2.45) is 0 Å². The van der Waals surface area contributed by atoms with E-state index in [1.807, 2.05) is 0 Å². The minimum atomic E-state index is -0.140. The van der Waals surface area contributed by atoms with Crippen LogP contribution in [-0.2, 0) is 4.79 Å². The van der Waals surface area contributed by atoms with Crippen molar-refractivity contribution in [1.82, 2.24) is 20.3 Å². The lowest BCUT2D eigenvalue weighted by Crippen LogP contribution is -2.32. The molecule has 19 heavy (non-hydrogen) atoms. The largest absolute Gasteiger partial charge is 0.368 e. The number of hydrogen-bond acceptors (Lipinski definition) is 7. The molecule has 1 fully saturated rings. The molecule has 0 atom stereocenters. The number of nitrogens with zero attached hydrogens (tertiary/aromatic N) is 4. The number of nitrogen functional groups attached to an aromatic ring is 1. The van der Waals surface area contributed by atoms with Crippen molar-refractivity contribution in [3.63, 3.8) is 0 Å². The number of carbonyl (C=O) groups excluding carboxylic acids is 1. The number of nitrogens with one attached hydrogen (secondary N) is 2. The lowest BCUT2D eigenvalue weighted by atomic mass is 10.1. The Labute approximate surface area is 111 Å². The number of anilines is 3. The van der Waals surface area contributed by atoms with Crippen molar-refractivity contribution >= 4 is 23.8 Å². The molecule has 1 aromatic heterocycles. The highest BCUT2D eigenvalue weighted by Gasteiger charge is 2.15. The zero-order valence-electron chi connectivity index (χ0n) is 11.0. The average Bonchev–Trinajstić information content (AvgIpc) is 2.45. The fraction of sp³-hybridized carbons (Fsp3) is 0.636. The number of carbonyl (C=O) groups is 1. The monoisotopic (exact) mass is 265 g/mol. The first-order valence-electron chi connectivity index (χ1n) is 6.40. The summed E-state index contributed by atoms with van der Waals surface area (Å²) >= 11 is 0. The highest BCUT2D eigenvalue weighted by Crippen LogP contribution is 2.17. The molecule has 0 unspecified atom stereocenters. The lowest BCUT2D eigenvalue weighted by molar-refractivity contribution is -0.118. The van der Waals surface area contributed by atoms with Gasteiger partial charge in [0.15, 0.2) is 0 Å². The first-order chi connectivity index (χ1) is 9.19. The fourth-order valence-corrected chi connectivity index (χ4v) is 1.94. The summed E-state index contributed by atoms with van der Waals surface area (Å²) in [6.45, 7) is 1.97. The molecule has 1 aromatic rings. The molecule has 104 valence electrons. The van der Waals surface area contributed by atoms with Crippen LogP contribution in [0.1, 0.15) is 19.3 Å². The van der Waals surface area contributed by atoms with Crippen LogP contribution in [0, 0.1) is 0 Å². The van der Waals surface area contributed by atoms with E-state index < -0.39 is 0 Å². The topological polar surface area (TPSA) is 109 Å². The van der Waals surface area contributed by atoms with Crippen LogP contribution < -0.4 is 21.3 Å². The number of likely N-dealkylation sites (N-methyl/N-ethyl adjacent to an activating group) is 1. The minimum absolute atomic E-state index is 0.111. The summed E-state index contributed by atoms with van der Waals surface area (Å²) in [7, 11) is 1.57. The summed E-state index contributed by atoms with van der Waals surface area (Å²) in [6.07, 6.45) is 3.50. The van der Waals surface area contributed by atoms with E-state index in [1.165, 1.54) is 6.42 Å². The highest BCUT2D eigenvalue weighted by atomic mass is 16.1. The van der Waals surface area contributed by atoms with E-state index in [4.69, 9.17) is 5.73 Å². The Balaban J connectivity index is 2.07. The highest BCUT2D eigenvalue weighted by molar-refractivity contribution is 5.79. The maximum atomic E-state index is 11.2. The van der Waals surface area contributed by atoms with E-state index in [0.717, 1.165) is 25.9 Å². The maximum absolute atomic E-state index is 11.2. The van der Waals surface area contributed by atoms with Gasteiger partial charge in [0.05, 0.1) is 6.54 Å². The molecule has 1 aliphatic rings. The summed E-state index contributed by atoms with van der Waals surface area (Å²) in [4.78, 5) is 25.7. The molecule has 0 aromatic carbocycles. The summed E-state index contributed by atoms with van der Waals surface area (Å²) in [5, 5.41) is 5.35. The predicted octanol–water partition coefficient (Wildman–Crippen LogP) is -0.398. The molecule has 1 saturated heterocycles. The van der Waals surface area contributed by atoms with Gasteiger partial charge < -0.3 is 21.3 Å². The molecule has 1 aliphatic heterocycles. The van der Waals surface area contributed by atoms with Crippen molar-refractivity contribution in [2.75, 3.05) is 42.6 Å². The second-order valence-corrected chi connectivity index (χ2v) is 4.39. The minimum Gasteiger partial charge on any atom is -0.368 e. The standard InChI is InChI=1S/C11H19N7O/c1-13-8(19)7-14-10-15-9(12)16-11(17-10)18-5-3-2-4-6-18/h2-7H2,1H3,(H,13,19)(H3,12,14,15,16,17). The van der Waals surface area contributed by atoms with E-state index in [1.54, 1.807) is 7.05 Å². The van der Waals surface area contributed by atoms with Gasteiger partial charge in [-0.15, -0.1) is 0 Å². The molecule has 2 rings (SSSR count). The summed E-state index contributed by atoms with van der Waals surface area (Å²) in [6, 6.07) is 0. The second kappa shape index (κ2) is 6.17. The normalized spacial score (nSPS) is 15.1. The summed E-state index contributed by atoms with van der Waals surface area (Å²) in [5.41, 5.74) is 5.68. The van der Waals surface area contributed by atoms with E-state index in [9.17, 15) is 4.79 Å². The zero-order valence-corrected chi connectivity index (χ0v) is 11.0. The molecule has 2 heterocycles. The van der Waals surface area contributed by atoms with Gasteiger partial charge in [0.1, 0.15) is 0 Å². The van der Waals surface area contributed by atoms with Crippen molar-refractivity contribution in [3.05, 3.63) is 0 Å². The number of amides is 1. The van der Waals surface area contributed by atoms with Crippen LogP contribution in [0.25, 0.3) is 0 Å². The number of rotatable bonds is 4. The number of hydrogen-bond donors (Lipinski definition) is 3. The molecule has 4 N–H and O–H groups in total.